The van der Waals surface area contributed by atoms with Crippen LogP contribution < -0.4 is 10.4 Å². The van der Waals surface area contributed by atoms with E-state index in [2.05, 4.69) is 163 Å². The molecule has 0 spiro atoms. The lowest BCUT2D eigenvalue weighted by molar-refractivity contribution is 1.13. The molecule has 0 saturated heterocycles. The van der Waals surface area contributed by atoms with Crippen molar-refractivity contribution < 1.29 is 0 Å². The summed E-state index contributed by atoms with van der Waals surface area (Å²) >= 11 is 0. The maximum absolute atomic E-state index is 4.52. The van der Waals surface area contributed by atoms with Crippen LogP contribution >= 0.6 is 0 Å². The first-order valence-electron chi connectivity index (χ1n) is 16.2. The van der Waals surface area contributed by atoms with Crippen molar-refractivity contribution >= 4 is 70.1 Å². The van der Waals surface area contributed by atoms with Crippen molar-refractivity contribution in [2.24, 2.45) is 0 Å². The fourth-order valence-corrected chi connectivity index (χ4v) is 9.29. The number of hydrogen-bond acceptors (Lipinski definition) is 1. The average molecular weight is 630 g/mol. The second-order valence-electron chi connectivity index (χ2n) is 14.6. The molecule has 3 heterocycles. The molecule has 0 aliphatic carbocycles. The largest absolute Gasteiger partial charge is 0.309 e. The molecule has 0 unspecified atom stereocenters. The van der Waals surface area contributed by atoms with Gasteiger partial charge in [-0.25, -0.2) is 0 Å². The Balaban J connectivity index is 1.50. The predicted molar refractivity (Wildman–Crippen MR) is 204 cm³/mol. The fourth-order valence-electron chi connectivity index (χ4n) is 6.98. The summed E-state index contributed by atoms with van der Waals surface area (Å²) in [4.78, 5) is 4.52. The molecule has 5 aromatic carbocycles. The summed E-state index contributed by atoms with van der Waals surface area (Å²) in [6, 6.07) is 43.3. The Morgan fingerprint density at radius 3 is 1.37 bits per heavy atom. The normalized spacial score (nSPS) is 12.6. The molecule has 0 N–H and O–H groups in total. The maximum atomic E-state index is 4.52. The Morgan fingerprint density at radius 1 is 0.435 bits per heavy atom. The molecule has 46 heavy (non-hydrogen) atoms. The summed E-state index contributed by atoms with van der Waals surface area (Å²) in [5.74, 6) is 0. The van der Waals surface area contributed by atoms with Crippen LogP contribution in [0.5, 0.6) is 0 Å². The molecule has 226 valence electrons. The van der Waals surface area contributed by atoms with Crippen molar-refractivity contribution in [1.29, 1.82) is 0 Å². The molecule has 3 nitrogen and oxygen atoms in total. The zero-order chi connectivity index (χ0) is 31.8. The van der Waals surface area contributed by atoms with Crippen LogP contribution in [0.4, 0.5) is 0 Å². The first kappa shape index (κ1) is 28.7. The maximum Gasteiger partial charge on any atom is 0.0776 e. The van der Waals surface area contributed by atoms with E-state index in [1.165, 1.54) is 54.0 Å². The van der Waals surface area contributed by atoms with Crippen LogP contribution in [0, 0.1) is 0 Å². The molecule has 0 saturated carbocycles. The minimum Gasteiger partial charge on any atom is -0.309 e. The summed E-state index contributed by atoms with van der Waals surface area (Å²) in [5, 5.41) is 8.09. The van der Waals surface area contributed by atoms with Crippen molar-refractivity contribution in [3.63, 3.8) is 0 Å². The summed E-state index contributed by atoms with van der Waals surface area (Å²) in [6.45, 7) is 14.6. The van der Waals surface area contributed by atoms with E-state index >= 15 is 0 Å². The van der Waals surface area contributed by atoms with Gasteiger partial charge < -0.3 is 9.13 Å². The van der Waals surface area contributed by atoms with Gasteiger partial charge in [0.25, 0.3) is 0 Å². The van der Waals surface area contributed by atoms with Gasteiger partial charge in [0.15, 0.2) is 0 Å². The van der Waals surface area contributed by atoms with Crippen LogP contribution in [0.3, 0.4) is 0 Å². The molecule has 3 aromatic heterocycles. The molecular weight excluding hydrogens is 591 g/mol. The number of rotatable bonds is 5. The number of pyridine rings is 1. The Labute approximate surface area is 272 Å². The molecule has 5 heteroatoms. The molecule has 0 bridgehead atoms. The molecule has 0 radical (unpaired) electrons. The lowest BCUT2D eigenvalue weighted by atomic mass is 10.1. The monoisotopic (exact) mass is 629 g/mol. The van der Waals surface area contributed by atoms with Crippen molar-refractivity contribution in [2.75, 3.05) is 0 Å². The van der Waals surface area contributed by atoms with E-state index in [1.807, 2.05) is 18.5 Å². The van der Waals surface area contributed by atoms with E-state index in [4.69, 9.17) is 0 Å². The number of aromatic nitrogens is 3. The first-order valence-corrected chi connectivity index (χ1v) is 23.2. The van der Waals surface area contributed by atoms with Crippen LogP contribution in [0.25, 0.3) is 66.1 Å². The number of nitrogens with zero attached hydrogens (tertiary/aromatic N) is 3. The predicted octanol–water partition coefficient (Wildman–Crippen LogP) is 10.0. The lowest BCUT2D eigenvalue weighted by Crippen LogP contribution is -2.37. The van der Waals surface area contributed by atoms with Gasteiger partial charge in [0.2, 0.25) is 0 Å². The van der Waals surface area contributed by atoms with E-state index < -0.39 is 16.1 Å². The SMILES string of the molecule is C[Si](C)(C)c1ccc2c3ccccc3n(-c3cc(-c4cccnc4)cc(-n4c5ccccc5c5ccc([Si](C)(C)C)cc54)c3)c2c1. The van der Waals surface area contributed by atoms with Gasteiger partial charge in [0, 0.05) is 50.9 Å². The number of fused-ring (bicyclic) bond motifs is 6. The van der Waals surface area contributed by atoms with Crippen LogP contribution in [0.2, 0.25) is 39.3 Å². The Morgan fingerprint density at radius 2 is 0.913 bits per heavy atom. The van der Waals surface area contributed by atoms with Gasteiger partial charge in [-0.1, -0.05) is 116 Å². The third-order valence-corrected chi connectivity index (χ3v) is 13.6. The average Bonchev–Trinajstić information content (AvgIpc) is 3.56. The highest BCUT2D eigenvalue weighted by Crippen LogP contribution is 2.37. The van der Waals surface area contributed by atoms with E-state index in [0.717, 1.165) is 22.5 Å². The third kappa shape index (κ3) is 4.65. The van der Waals surface area contributed by atoms with Gasteiger partial charge in [0.05, 0.1) is 38.2 Å². The summed E-state index contributed by atoms with van der Waals surface area (Å²) in [6.07, 6.45) is 3.83. The zero-order valence-corrected chi connectivity index (χ0v) is 29.5. The van der Waals surface area contributed by atoms with Crippen LogP contribution in [-0.4, -0.2) is 30.3 Å². The molecule has 0 atom stereocenters. The minimum atomic E-state index is -1.55. The third-order valence-electron chi connectivity index (χ3n) is 9.49. The Kier molecular flexibility index (Phi) is 6.50. The van der Waals surface area contributed by atoms with Crippen LogP contribution in [0.1, 0.15) is 0 Å². The zero-order valence-electron chi connectivity index (χ0n) is 27.5. The molecule has 0 aliphatic rings. The first-order chi connectivity index (χ1) is 22.1. The highest BCUT2D eigenvalue weighted by atomic mass is 28.3. The number of hydrogen-bond donors (Lipinski definition) is 0. The summed E-state index contributed by atoms with van der Waals surface area (Å²) < 4.78 is 4.97. The molecule has 0 aliphatic heterocycles. The summed E-state index contributed by atoms with van der Waals surface area (Å²) in [5.41, 5.74) is 9.55. The standard InChI is InChI=1S/C41H39N3Si2/c1-45(2,3)32-17-19-36-34-13-7-9-15-38(34)43(40(36)25-32)30-22-29(28-12-11-21-42-27-28)23-31(24-30)44-39-16-10-8-14-35(39)37-20-18-33(26-41(37)44)46(4,5)6/h7-27H,1-6H3. The van der Waals surface area contributed by atoms with Gasteiger partial charge in [-0.2, -0.15) is 0 Å². The van der Waals surface area contributed by atoms with E-state index in [0.29, 0.717) is 0 Å². The highest BCUT2D eigenvalue weighted by molar-refractivity contribution is 6.89. The minimum absolute atomic E-state index is 1.11. The second kappa shape index (κ2) is 10.4. The van der Waals surface area contributed by atoms with Gasteiger partial charge >= 0.3 is 0 Å². The smallest absolute Gasteiger partial charge is 0.0776 e. The Hall–Kier alpha value is -4.72. The van der Waals surface area contributed by atoms with E-state index in [9.17, 15) is 0 Å². The topological polar surface area (TPSA) is 22.8 Å². The molecule has 0 amide bonds. The van der Waals surface area contributed by atoms with Crippen molar-refractivity contribution in [3.05, 3.63) is 128 Å². The quantitative estimate of drug-likeness (QED) is 0.174. The second-order valence-corrected chi connectivity index (χ2v) is 24.8. The Bertz CT molecular complexity index is 2290. The van der Waals surface area contributed by atoms with E-state index in [1.54, 1.807) is 0 Å². The highest BCUT2D eigenvalue weighted by Gasteiger charge is 2.22. The molecule has 8 rings (SSSR count). The van der Waals surface area contributed by atoms with Gasteiger partial charge in [0.1, 0.15) is 0 Å². The molecular formula is C41H39N3Si2. The number of para-hydroxylation sites is 2. The summed E-state index contributed by atoms with van der Waals surface area (Å²) in [7, 11) is -3.09. The van der Waals surface area contributed by atoms with Crippen molar-refractivity contribution in [1.82, 2.24) is 14.1 Å². The van der Waals surface area contributed by atoms with Gasteiger partial charge in [-0.3, -0.25) is 4.98 Å². The molecule has 0 fully saturated rings. The van der Waals surface area contributed by atoms with E-state index in [-0.39, 0.29) is 0 Å². The van der Waals surface area contributed by atoms with Crippen molar-refractivity contribution in [3.8, 4) is 22.5 Å². The lowest BCUT2D eigenvalue weighted by Gasteiger charge is -2.19. The van der Waals surface area contributed by atoms with Gasteiger partial charge in [-0.05, 0) is 54.1 Å². The van der Waals surface area contributed by atoms with Gasteiger partial charge in [-0.15, -0.1) is 0 Å². The number of benzene rings is 5. The fraction of sp³-hybridized carbons (Fsp3) is 0.146. The van der Waals surface area contributed by atoms with Crippen LogP contribution in [0.15, 0.2) is 128 Å². The van der Waals surface area contributed by atoms with Crippen molar-refractivity contribution in [2.45, 2.75) is 39.3 Å². The van der Waals surface area contributed by atoms with Crippen LogP contribution in [-0.2, 0) is 0 Å². The molecule has 8 aromatic rings.